The van der Waals surface area contributed by atoms with Gasteiger partial charge in [0.1, 0.15) is 0 Å². The maximum atomic E-state index is 12.5. The van der Waals surface area contributed by atoms with Crippen LogP contribution >= 0.6 is 11.8 Å². The third-order valence-electron chi connectivity index (χ3n) is 4.96. The van der Waals surface area contributed by atoms with Gasteiger partial charge in [0.2, 0.25) is 5.91 Å². The summed E-state index contributed by atoms with van der Waals surface area (Å²) in [5.74, 6) is -2.37. The van der Waals surface area contributed by atoms with Crippen molar-refractivity contribution in [3.8, 4) is 0 Å². The van der Waals surface area contributed by atoms with Crippen molar-refractivity contribution in [2.75, 3.05) is 31.5 Å². The number of methoxy groups -OCH3 is 1. The lowest BCUT2D eigenvalue weighted by Crippen LogP contribution is -2.60. The van der Waals surface area contributed by atoms with Gasteiger partial charge in [-0.3, -0.25) is 9.59 Å². The van der Waals surface area contributed by atoms with Crippen LogP contribution in [0.1, 0.15) is 13.3 Å². The molecule has 25 heavy (non-hydrogen) atoms. The molecule has 0 bridgehead atoms. The number of sulfone groups is 1. The molecular weight excluding hydrogens is 370 g/mol. The summed E-state index contributed by atoms with van der Waals surface area (Å²) in [5.41, 5.74) is -1.61. The molecule has 0 aromatic heterocycles. The summed E-state index contributed by atoms with van der Waals surface area (Å²) in [4.78, 5) is 35.4. The molecule has 0 unspecified atom stereocenters. The molecule has 10 heteroatoms. The van der Waals surface area contributed by atoms with Crippen LogP contribution in [0.25, 0.3) is 0 Å². The second-order valence-electron chi connectivity index (χ2n) is 6.53. The number of thioether (sulfide) groups is 1. The molecule has 1 saturated carbocycles. The molecule has 2 rings (SSSR count). The zero-order valence-corrected chi connectivity index (χ0v) is 16.0. The fourth-order valence-electron chi connectivity index (χ4n) is 3.65. The van der Waals surface area contributed by atoms with Gasteiger partial charge < -0.3 is 14.8 Å². The summed E-state index contributed by atoms with van der Waals surface area (Å²) >= 11 is 1.60. The summed E-state index contributed by atoms with van der Waals surface area (Å²) < 4.78 is 34.4. The van der Waals surface area contributed by atoms with Crippen LogP contribution in [0, 0.1) is 17.8 Å². The number of ether oxygens (including phenoxy) is 2. The highest BCUT2D eigenvalue weighted by Crippen LogP contribution is 2.58. The Hall–Kier alpha value is -1.29. The van der Waals surface area contributed by atoms with Crippen molar-refractivity contribution in [1.82, 2.24) is 5.32 Å². The van der Waals surface area contributed by atoms with Crippen LogP contribution in [0.2, 0.25) is 0 Å². The number of nitrogens with one attached hydrogen (secondary N) is 1. The first-order chi connectivity index (χ1) is 11.7. The zero-order valence-electron chi connectivity index (χ0n) is 14.4. The lowest BCUT2D eigenvalue weighted by molar-refractivity contribution is -0.151. The average Bonchev–Trinajstić information content (AvgIpc) is 3.26. The van der Waals surface area contributed by atoms with Gasteiger partial charge in [0.25, 0.3) is 6.47 Å². The van der Waals surface area contributed by atoms with E-state index >= 15 is 0 Å². The normalized spacial score (nSPS) is 33.0. The minimum absolute atomic E-state index is 0.102. The number of carbonyl (C=O) groups is 3. The van der Waals surface area contributed by atoms with E-state index in [1.54, 1.807) is 18.7 Å². The molecule has 1 amide bonds. The second-order valence-corrected chi connectivity index (χ2v) is 9.67. The molecule has 1 aliphatic heterocycles. The van der Waals surface area contributed by atoms with E-state index in [1.165, 1.54) is 0 Å². The predicted octanol–water partition coefficient (Wildman–Crippen LogP) is -0.380. The molecule has 2 fully saturated rings. The van der Waals surface area contributed by atoms with E-state index in [-0.39, 0.29) is 24.9 Å². The first-order valence-corrected chi connectivity index (χ1v) is 11.0. The summed E-state index contributed by atoms with van der Waals surface area (Å²) in [6.45, 7) is 1.87. The van der Waals surface area contributed by atoms with E-state index in [0.29, 0.717) is 6.42 Å². The largest absolute Gasteiger partial charge is 0.468 e. The van der Waals surface area contributed by atoms with Crippen molar-refractivity contribution >= 4 is 39.9 Å². The van der Waals surface area contributed by atoms with Crippen LogP contribution in [0.4, 0.5) is 0 Å². The van der Waals surface area contributed by atoms with Gasteiger partial charge in [0, 0.05) is 17.8 Å². The molecular formula is C15H23NO7S2. The van der Waals surface area contributed by atoms with Crippen molar-refractivity contribution in [2.24, 2.45) is 17.8 Å². The molecule has 0 aromatic carbocycles. The molecule has 1 N–H and O–H groups in total. The molecule has 0 aromatic rings. The van der Waals surface area contributed by atoms with Crippen molar-refractivity contribution in [3.05, 3.63) is 0 Å². The van der Waals surface area contributed by atoms with Crippen LogP contribution in [0.3, 0.4) is 0 Å². The molecule has 2 aliphatic rings. The zero-order chi connectivity index (χ0) is 18.8. The van der Waals surface area contributed by atoms with Crippen molar-refractivity contribution in [2.45, 2.75) is 24.1 Å². The number of hydrogen-bond acceptors (Lipinski definition) is 8. The Morgan fingerprint density at radius 3 is 2.68 bits per heavy atom. The maximum Gasteiger partial charge on any atom is 0.333 e. The van der Waals surface area contributed by atoms with Crippen molar-refractivity contribution < 1.29 is 32.3 Å². The van der Waals surface area contributed by atoms with E-state index in [0.717, 1.165) is 12.9 Å². The number of hydrogen-bond donors (Lipinski definition) is 1. The van der Waals surface area contributed by atoms with Gasteiger partial charge in [0.05, 0.1) is 24.7 Å². The topological polar surface area (TPSA) is 116 Å². The lowest BCUT2D eigenvalue weighted by Gasteiger charge is -2.30. The Bertz CT molecular complexity index is 650. The Morgan fingerprint density at radius 2 is 2.12 bits per heavy atom. The smallest absolute Gasteiger partial charge is 0.333 e. The molecule has 0 spiro atoms. The van der Waals surface area contributed by atoms with Gasteiger partial charge in [-0.1, -0.05) is 6.92 Å². The summed E-state index contributed by atoms with van der Waals surface area (Å²) in [7, 11) is -2.44. The van der Waals surface area contributed by atoms with Gasteiger partial charge in [0.15, 0.2) is 15.4 Å². The van der Waals surface area contributed by atoms with Crippen LogP contribution in [-0.2, 0) is 33.7 Å². The van der Waals surface area contributed by atoms with Crippen molar-refractivity contribution in [3.63, 3.8) is 0 Å². The van der Waals surface area contributed by atoms with E-state index in [9.17, 15) is 22.8 Å². The Morgan fingerprint density at radius 1 is 1.44 bits per heavy atom. The third kappa shape index (κ3) is 3.64. The Balaban J connectivity index is 2.25. The highest BCUT2D eigenvalue weighted by Gasteiger charge is 2.77. The van der Waals surface area contributed by atoms with Crippen LogP contribution in [-0.4, -0.2) is 69.0 Å². The van der Waals surface area contributed by atoms with Crippen LogP contribution in [0.5, 0.6) is 0 Å². The maximum absolute atomic E-state index is 12.5. The van der Waals surface area contributed by atoms with E-state index < -0.39 is 44.2 Å². The molecule has 0 radical (unpaired) electrons. The standard InChI is InChI=1S/C15H23NO7S2/c1-9(4-5-24-3)13(18)16-15(14(19)22-2)7-25(20,21)12-10(11(12)15)6-23-8-17/h8-12H,4-7H2,1-3H3,(H,16,18)/t9-,10+,11+,12-,15-/m0/s1. The second kappa shape index (κ2) is 7.53. The molecule has 1 heterocycles. The Kier molecular flexibility index (Phi) is 6.03. The summed E-state index contributed by atoms with van der Waals surface area (Å²) in [6.07, 6.45) is 2.54. The number of fused-ring (bicyclic) bond motifs is 1. The molecule has 5 atom stereocenters. The first-order valence-electron chi connectivity index (χ1n) is 7.91. The van der Waals surface area contributed by atoms with Crippen LogP contribution < -0.4 is 5.32 Å². The first kappa shape index (κ1) is 20.0. The highest BCUT2D eigenvalue weighted by atomic mass is 32.2. The minimum Gasteiger partial charge on any atom is -0.468 e. The van der Waals surface area contributed by atoms with Gasteiger partial charge in [-0.25, -0.2) is 13.2 Å². The molecule has 8 nitrogen and oxygen atoms in total. The molecule has 142 valence electrons. The van der Waals surface area contributed by atoms with E-state index in [2.05, 4.69) is 10.1 Å². The average molecular weight is 393 g/mol. The van der Waals surface area contributed by atoms with Crippen LogP contribution in [0.15, 0.2) is 0 Å². The monoisotopic (exact) mass is 393 g/mol. The third-order valence-corrected chi connectivity index (χ3v) is 7.94. The summed E-state index contributed by atoms with van der Waals surface area (Å²) in [6, 6.07) is 0. The van der Waals surface area contributed by atoms with Gasteiger partial charge in [-0.2, -0.15) is 11.8 Å². The fourth-order valence-corrected chi connectivity index (χ4v) is 7.02. The number of amides is 1. The molecule has 1 saturated heterocycles. The number of carbonyl (C=O) groups excluding carboxylic acids is 3. The van der Waals surface area contributed by atoms with E-state index in [4.69, 9.17) is 4.74 Å². The predicted molar refractivity (Wildman–Crippen MR) is 91.6 cm³/mol. The van der Waals surface area contributed by atoms with Gasteiger partial charge in [-0.05, 0) is 18.4 Å². The lowest BCUT2D eigenvalue weighted by atomic mass is 9.92. The molecule has 1 aliphatic carbocycles. The summed E-state index contributed by atoms with van der Waals surface area (Å²) in [5, 5.41) is 1.86. The van der Waals surface area contributed by atoms with Gasteiger partial charge in [-0.15, -0.1) is 0 Å². The van der Waals surface area contributed by atoms with E-state index in [1.807, 2.05) is 6.26 Å². The van der Waals surface area contributed by atoms with Gasteiger partial charge >= 0.3 is 5.97 Å². The minimum atomic E-state index is -3.60. The SMILES string of the molecule is COC(=O)[C@]1(NC(=O)[C@@H](C)CCSC)CS(=O)(=O)[C@H]2[C@H](COC=O)[C@H]21. The van der Waals surface area contributed by atoms with Crippen molar-refractivity contribution in [1.29, 1.82) is 0 Å². The highest BCUT2D eigenvalue weighted by molar-refractivity contribution is 7.98. The fraction of sp³-hybridized carbons (Fsp3) is 0.800. The number of rotatable bonds is 9. The quantitative estimate of drug-likeness (QED) is 0.416. The Labute approximate surface area is 151 Å². The number of esters is 1.